The summed E-state index contributed by atoms with van der Waals surface area (Å²) >= 11 is 0. The second kappa shape index (κ2) is 6.90. The smallest absolute Gasteiger partial charge is 0.354 e. The van der Waals surface area contributed by atoms with Gasteiger partial charge in [-0.3, -0.25) is 9.69 Å². The number of benzene rings is 1. The maximum Gasteiger partial charge on any atom is 0.354 e. The molecule has 9 nitrogen and oxygen atoms in total. The number of carbonyl (C=O) groups is 2. The lowest BCUT2D eigenvalue weighted by molar-refractivity contribution is -0.133. The standard InChI is InChI=1S/C18H21N5O4/c1-27-14-7-5-13(6-8-14)21-11-15-19-22(18(26)23(15)17(21)25)12-16(24)20-9-3-2-4-10-20/h5-8H,2-4,9-12H2,1H3. The molecule has 1 aromatic heterocycles. The summed E-state index contributed by atoms with van der Waals surface area (Å²) in [7, 11) is 1.57. The van der Waals surface area contributed by atoms with E-state index in [1.807, 2.05) is 0 Å². The normalized spacial score (nSPS) is 16.6. The van der Waals surface area contributed by atoms with Gasteiger partial charge in [-0.25, -0.2) is 14.3 Å². The molecule has 1 aromatic carbocycles. The molecule has 2 amide bonds. The maximum absolute atomic E-state index is 12.7. The Morgan fingerprint density at radius 2 is 1.81 bits per heavy atom. The third-order valence-corrected chi connectivity index (χ3v) is 5.01. The van der Waals surface area contributed by atoms with Crippen LogP contribution in [0.4, 0.5) is 10.5 Å². The fourth-order valence-corrected chi connectivity index (χ4v) is 3.52. The highest BCUT2D eigenvalue weighted by atomic mass is 16.5. The monoisotopic (exact) mass is 371 g/mol. The van der Waals surface area contributed by atoms with Crippen molar-refractivity contribution in [3.05, 3.63) is 40.6 Å². The molecule has 142 valence electrons. The first-order valence-corrected chi connectivity index (χ1v) is 9.01. The van der Waals surface area contributed by atoms with Gasteiger partial charge in [0.25, 0.3) is 0 Å². The van der Waals surface area contributed by atoms with E-state index in [9.17, 15) is 14.4 Å². The molecule has 0 N–H and O–H groups in total. The number of amides is 2. The van der Waals surface area contributed by atoms with Gasteiger partial charge in [0.05, 0.1) is 13.7 Å². The topological polar surface area (TPSA) is 89.7 Å². The highest BCUT2D eigenvalue weighted by Gasteiger charge is 2.34. The van der Waals surface area contributed by atoms with E-state index in [0.29, 0.717) is 30.4 Å². The van der Waals surface area contributed by atoms with Crippen LogP contribution in [0.5, 0.6) is 5.75 Å². The summed E-state index contributed by atoms with van der Waals surface area (Å²) in [6.07, 6.45) is 3.09. The molecule has 4 rings (SSSR count). The third-order valence-electron chi connectivity index (χ3n) is 5.01. The molecule has 1 saturated heterocycles. The zero-order valence-corrected chi connectivity index (χ0v) is 15.1. The van der Waals surface area contributed by atoms with Gasteiger partial charge < -0.3 is 9.64 Å². The van der Waals surface area contributed by atoms with E-state index in [0.717, 1.165) is 28.5 Å². The van der Waals surface area contributed by atoms with Crippen molar-refractivity contribution < 1.29 is 14.3 Å². The minimum Gasteiger partial charge on any atom is -0.497 e. The zero-order chi connectivity index (χ0) is 19.0. The van der Waals surface area contributed by atoms with Crippen molar-refractivity contribution in [1.29, 1.82) is 0 Å². The van der Waals surface area contributed by atoms with Crippen LogP contribution >= 0.6 is 0 Å². The Hall–Kier alpha value is -3.10. The zero-order valence-electron chi connectivity index (χ0n) is 15.1. The highest BCUT2D eigenvalue weighted by Crippen LogP contribution is 2.24. The Morgan fingerprint density at radius 3 is 2.44 bits per heavy atom. The van der Waals surface area contributed by atoms with E-state index in [4.69, 9.17) is 4.74 Å². The van der Waals surface area contributed by atoms with E-state index in [1.165, 1.54) is 4.90 Å². The lowest BCUT2D eigenvalue weighted by atomic mass is 10.1. The van der Waals surface area contributed by atoms with Crippen LogP contribution in [0.1, 0.15) is 25.1 Å². The average Bonchev–Trinajstić information content (AvgIpc) is 3.19. The summed E-state index contributed by atoms with van der Waals surface area (Å²) in [5.74, 6) is 0.891. The van der Waals surface area contributed by atoms with Crippen LogP contribution in [-0.2, 0) is 17.9 Å². The van der Waals surface area contributed by atoms with Crippen molar-refractivity contribution in [3.8, 4) is 5.75 Å². The Morgan fingerprint density at radius 1 is 1.11 bits per heavy atom. The van der Waals surface area contributed by atoms with Gasteiger partial charge in [0.2, 0.25) is 5.91 Å². The predicted octanol–water partition coefficient (Wildman–Crippen LogP) is 1.05. The molecule has 2 aliphatic rings. The summed E-state index contributed by atoms with van der Waals surface area (Å²) in [6.45, 7) is 1.48. The molecule has 1 fully saturated rings. The molecule has 2 aliphatic heterocycles. The molecule has 0 unspecified atom stereocenters. The molecule has 0 saturated carbocycles. The van der Waals surface area contributed by atoms with Crippen LogP contribution in [0.3, 0.4) is 0 Å². The Kier molecular flexibility index (Phi) is 4.43. The minimum absolute atomic E-state index is 0.130. The minimum atomic E-state index is -0.573. The molecule has 0 spiro atoms. The number of carbonyl (C=O) groups excluding carboxylic acids is 2. The van der Waals surface area contributed by atoms with Gasteiger partial charge in [-0.05, 0) is 43.5 Å². The third kappa shape index (κ3) is 3.09. The number of anilines is 1. The number of aromatic nitrogens is 3. The number of nitrogens with zero attached hydrogens (tertiary/aromatic N) is 5. The Bertz CT molecular complexity index is 924. The van der Waals surface area contributed by atoms with Crippen molar-refractivity contribution in [1.82, 2.24) is 19.2 Å². The van der Waals surface area contributed by atoms with E-state index < -0.39 is 11.7 Å². The summed E-state index contributed by atoms with van der Waals surface area (Å²) in [6, 6.07) is 6.54. The van der Waals surface area contributed by atoms with Crippen molar-refractivity contribution in [2.45, 2.75) is 32.4 Å². The predicted molar refractivity (Wildman–Crippen MR) is 96.9 cm³/mol. The summed E-state index contributed by atoms with van der Waals surface area (Å²) < 4.78 is 7.25. The van der Waals surface area contributed by atoms with E-state index in [-0.39, 0.29) is 19.0 Å². The number of fused-ring (bicyclic) bond motifs is 1. The molecular formula is C18H21N5O4. The largest absolute Gasteiger partial charge is 0.497 e. The maximum atomic E-state index is 12.7. The lowest BCUT2D eigenvalue weighted by Crippen LogP contribution is -2.41. The van der Waals surface area contributed by atoms with Crippen molar-refractivity contribution >= 4 is 17.6 Å². The molecule has 9 heteroatoms. The number of ether oxygens (including phenoxy) is 1. The van der Waals surface area contributed by atoms with Crippen LogP contribution in [-0.4, -0.2) is 51.4 Å². The second-order valence-electron chi connectivity index (χ2n) is 6.70. The van der Waals surface area contributed by atoms with Gasteiger partial charge in [-0.1, -0.05) is 0 Å². The lowest BCUT2D eigenvalue weighted by Gasteiger charge is -2.26. The van der Waals surface area contributed by atoms with Gasteiger partial charge in [0.15, 0.2) is 5.82 Å². The van der Waals surface area contributed by atoms with Gasteiger partial charge in [-0.2, -0.15) is 9.67 Å². The van der Waals surface area contributed by atoms with Crippen LogP contribution in [0.15, 0.2) is 29.1 Å². The number of likely N-dealkylation sites (tertiary alicyclic amines) is 1. The quantitative estimate of drug-likeness (QED) is 0.802. The molecule has 27 heavy (non-hydrogen) atoms. The van der Waals surface area contributed by atoms with Gasteiger partial charge in [-0.15, -0.1) is 0 Å². The summed E-state index contributed by atoms with van der Waals surface area (Å²) in [4.78, 5) is 40.9. The number of rotatable bonds is 4. The molecule has 2 aromatic rings. The Labute approximate surface area is 155 Å². The number of piperidine rings is 1. The molecule has 0 aliphatic carbocycles. The van der Waals surface area contributed by atoms with Gasteiger partial charge >= 0.3 is 11.7 Å². The SMILES string of the molecule is COc1ccc(N2Cc3nn(CC(=O)N4CCCCC4)c(=O)n3C2=O)cc1. The van der Waals surface area contributed by atoms with Crippen molar-refractivity contribution in [3.63, 3.8) is 0 Å². The molecule has 0 radical (unpaired) electrons. The van der Waals surface area contributed by atoms with E-state index in [1.54, 1.807) is 36.3 Å². The van der Waals surface area contributed by atoms with E-state index in [2.05, 4.69) is 5.10 Å². The first-order chi connectivity index (χ1) is 13.1. The Balaban J connectivity index is 1.52. The van der Waals surface area contributed by atoms with Gasteiger partial charge in [0, 0.05) is 18.8 Å². The summed E-state index contributed by atoms with van der Waals surface area (Å²) in [5, 5.41) is 4.22. The number of hydrogen-bond donors (Lipinski definition) is 0. The second-order valence-corrected chi connectivity index (χ2v) is 6.70. The van der Waals surface area contributed by atoms with Crippen LogP contribution in [0, 0.1) is 0 Å². The van der Waals surface area contributed by atoms with Crippen molar-refractivity contribution in [2.75, 3.05) is 25.1 Å². The van der Waals surface area contributed by atoms with E-state index >= 15 is 0 Å². The molecule has 0 atom stereocenters. The number of hydrogen-bond acceptors (Lipinski definition) is 5. The fourth-order valence-electron chi connectivity index (χ4n) is 3.52. The number of methoxy groups -OCH3 is 1. The van der Waals surface area contributed by atoms with Crippen molar-refractivity contribution in [2.24, 2.45) is 0 Å². The van der Waals surface area contributed by atoms with Crippen LogP contribution < -0.4 is 15.3 Å². The average molecular weight is 371 g/mol. The fraction of sp³-hybridized carbons (Fsp3) is 0.444. The first-order valence-electron chi connectivity index (χ1n) is 9.01. The first kappa shape index (κ1) is 17.3. The summed E-state index contributed by atoms with van der Waals surface area (Å²) in [5.41, 5.74) is 0.0815. The van der Waals surface area contributed by atoms with Crippen LogP contribution in [0.2, 0.25) is 0 Å². The highest BCUT2D eigenvalue weighted by molar-refractivity contribution is 5.96. The van der Waals surface area contributed by atoms with Gasteiger partial charge in [0.1, 0.15) is 12.3 Å². The van der Waals surface area contributed by atoms with Crippen LogP contribution in [0.25, 0.3) is 0 Å². The molecule has 0 bridgehead atoms. The molecule has 3 heterocycles. The molecular weight excluding hydrogens is 350 g/mol.